The van der Waals surface area contributed by atoms with Crippen LogP contribution in [0.1, 0.15) is 27.3 Å². The summed E-state index contributed by atoms with van der Waals surface area (Å²) in [5.74, 6) is -3.78. The van der Waals surface area contributed by atoms with E-state index in [0.29, 0.717) is 0 Å². The number of carbonyl (C=O) groups is 1. The zero-order valence-electron chi connectivity index (χ0n) is 14.9. The van der Waals surface area contributed by atoms with Crippen LogP contribution < -0.4 is 5.32 Å². The first-order chi connectivity index (χ1) is 14.4. The smallest absolute Gasteiger partial charge is 0.345 e. The van der Waals surface area contributed by atoms with Gasteiger partial charge >= 0.3 is 12.4 Å². The molecule has 164 valence electrons. The molecule has 1 N–H and O–H groups in total. The number of halogens is 8. The highest BCUT2D eigenvalue weighted by Gasteiger charge is 2.37. The van der Waals surface area contributed by atoms with Gasteiger partial charge in [-0.05, 0) is 40.8 Å². The molecule has 1 heterocycles. The van der Waals surface area contributed by atoms with Crippen molar-refractivity contribution in [1.82, 2.24) is 25.5 Å². The molecule has 3 rings (SSSR count). The van der Waals surface area contributed by atoms with Gasteiger partial charge in [-0.1, -0.05) is 0 Å². The first-order valence-electron chi connectivity index (χ1n) is 8.16. The second kappa shape index (κ2) is 7.92. The van der Waals surface area contributed by atoms with Crippen LogP contribution in [0.3, 0.4) is 0 Å². The monoisotopic (exact) mass is 451 g/mol. The van der Waals surface area contributed by atoms with Gasteiger partial charge in [0.1, 0.15) is 0 Å². The highest BCUT2D eigenvalue weighted by atomic mass is 19.4. The van der Waals surface area contributed by atoms with Crippen LogP contribution >= 0.6 is 0 Å². The van der Waals surface area contributed by atoms with Gasteiger partial charge in [-0.2, -0.15) is 31.0 Å². The number of nitrogens with zero attached hydrogens (tertiary/aromatic N) is 4. The van der Waals surface area contributed by atoms with E-state index in [1.54, 1.807) is 0 Å². The SMILES string of the molecule is O=C(NCc1nnnn1-c1ccc(F)c(F)c1)c1cc(C(F)(F)F)cc(C(F)(F)F)c1. The number of benzene rings is 2. The Hall–Kier alpha value is -3.58. The molecule has 0 bridgehead atoms. The molecule has 0 fully saturated rings. The molecule has 2 aromatic carbocycles. The topological polar surface area (TPSA) is 72.7 Å². The molecular weight excluding hydrogens is 442 g/mol. The maximum absolute atomic E-state index is 13.4. The molecule has 0 saturated carbocycles. The second-order valence-electron chi connectivity index (χ2n) is 6.08. The highest BCUT2D eigenvalue weighted by molar-refractivity contribution is 5.94. The number of tetrazole rings is 1. The summed E-state index contributed by atoms with van der Waals surface area (Å²) in [4.78, 5) is 12.2. The van der Waals surface area contributed by atoms with Crippen molar-refractivity contribution in [1.29, 1.82) is 0 Å². The van der Waals surface area contributed by atoms with Gasteiger partial charge in [-0.15, -0.1) is 5.10 Å². The molecule has 6 nitrogen and oxygen atoms in total. The Bertz CT molecular complexity index is 1090. The number of amides is 1. The standard InChI is InChI=1S/C17H9F8N5O/c18-12-2-1-11(6-13(12)19)30-14(27-28-29-30)7-26-15(31)8-3-9(16(20,21)22)5-10(4-8)17(23,24)25/h1-6H,7H2,(H,26,31). The van der Waals surface area contributed by atoms with Crippen molar-refractivity contribution >= 4 is 5.91 Å². The molecule has 0 aliphatic heterocycles. The summed E-state index contributed by atoms with van der Waals surface area (Å²) in [5.41, 5.74) is -4.24. The molecule has 0 radical (unpaired) electrons. The van der Waals surface area contributed by atoms with Gasteiger partial charge in [0, 0.05) is 11.6 Å². The molecule has 0 aliphatic rings. The van der Waals surface area contributed by atoms with Gasteiger partial charge in [0.2, 0.25) is 0 Å². The van der Waals surface area contributed by atoms with E-state index in [9.17, 15) is 39.9 Å². The third kappa shape index (κ3) is 4.95. The molecule has 14 heteroatoms. The normalized spacial score (nSPS) is 12.1. The van der Waals surface area contributed by atoms with E-state index in [-0.39, 0.29) is 29.7 Å². The largest absolute Gasteiger partial charge is 0.416 e. The van der Waals surface area contributed by atoms with Crippen LogP contribution in [-0.4, -0.2) is 26.1 Å². The second-order valence-corrected chi connectivity index (χ2v) is 6.08. The molecule has 0 spiro atoms. The number of hydrogen-bond acceptors (Lipinski definition) is 4. The maximum atomic E-state index is 13.4. The van der Waals surface area contributed by atoms with Crippen molar-refractivity contribution in [2.24, 2.45) is 0 Å². The molecular formula is C17H9F8N5O. The minimum atomic E-state index is -5.12. The lowest BCUT2D eigenvalue weighted by atomic mass is 10.0. The van der Waals surface area contributed by atoms with Crippen LogP contribution in [0, 0.1) is 11.6 Å². The number of hydrogen-bond donors (Lipinski definition) is 1. The van der Waals surface area contributed by atoms with Gasteiger partial charge in [0.15, 0.2) is 17.5 Å². The summed E-state index contributed by atoms with van der Waals surface area (Å²) >= 11 is 0. The van der Waals surface area contributed by atoms with Crippen LogP contribution in [0.25, 0.3) is 5.69 Å². The van der Waals surface area contributed by atoms with Gasteiger partial charge in [0.25, 0.3) is 5.91 Å². The lowest BCUT2D eigenvalue weighted by Gasteiger charge is -2.14. The van der Waals surface area contributed by atoms with Crippen molar-refractivity contribution < 1.29 is 39.9 Å². The average Bonchev–Trinajstić information content (AvgIpc) is 3.15. The van der Waals surface area contributed by atoms with Crippen molar-refractivity contribution in [3.05, 3.63) is 70.5 Å². The van der Waals surface area contributed by atoms with Crippen molar-refractivity contribution in [3.8, 4) is 5.69 Å². The molecule has 0 aliphatic carbocycles. The lowest BCUT2D eigenvalue weighted by molar-refractivity contribution is -0.143. The van der Waals surface area contributed by atoms with Crippen LogP contribution in [0.15, 0.2) is 36.4 Å². The van der Waals surface area contributed by atoms with Gasteiger partial charge in [-0.3, -0.25) is 4.79 Å². The Morgan fingerprint density at radius 1 is 0.903 bits per heavy atom. The van der Waals surface area contributed by atoms with Crippen LogP contribution in [-0.2, 0) is 18.9 Å². The van der Waals surface area contributed by atoms with Crippen LogP contribution in [0.2, 0.25) is 0 Å². The fraction of sp³-hybridized carbons (Fsp3) is 0.176. The number of carbonyl (C=O) groups excluding carboxylic acids is 1. The van der Waals surface area contributed by atoms with E-state index < -0.39 is 53.1 Å². The minimum absolute atomic E-state index is 0.0356. The highest BCUT2D eigenvalue weighted by Crippen LogP contribution is 2.36. The first-order valence-corrected chi connectivity index (χ1v) is 8.16. The predicted octanol–water partition coefficient (Wildman–Crippen LogP) is 3.91. The summed E-state index contributed by atoms with van der Waals surface area (Å²) in [7, 11) is 0. The van der Waals surface area contributed by atoms with E-state index in [4.69, 9.17) is 0 Å². The molecule has 31 heavy (non-hydrogen) atoms. The molecule has 3 aromatic rings. The van der Waals surface area contributed by atoms with Gasteiger partial charge in [-0.25, -0.2) is 8.78 Å². The molecule has 1 amide bonds. The van der Waals surface area contributed by atoms with E-state index in [1.165, 1.54) is 0 Å². The minimum Gasteiger partial charge on any atom is -0.345 e. The zero-order valence-corrected chi connectivity index (χ0v) is 14.9. The number of alkyl halides is 6. The summed E-state index contributed by atoms with van der Waals surface area (Å²) in [6, 6.07) is 3.07. The maximum Gasteiger partial charge on any atom is 0.416 e. The fourth-order valence-electron chi connectivity index (χ4n) is 2.48. The quantitative estimate of drug-likeness (QED) is 0.611. The Kier molecular flexibility index (Phi) is 5.65. The average molecular weight is 451 g/mol. The van der Waals surface area contributed by atoms with Gasteiger partial charge in [0.05, 0.1) is 23.4 Å². The molecule has 0 unspecified atom stereocenters. The van der Waals surface area contributed by atoms with Crippen LogP contribution in [0.4, 0.5) is 35.1 Å². The van der Waals surface area contributed by atoms with E-state index in [1.807, 2.05) is 0 Å². The number of rotatable bonds is 4. The Morgan fingerprint density at radius 3 is 2.06 bits per heavy atom. The summed E-state index contributed by atoms with van der Waals surface area (Å²) in [6.07, 6.45) is -10.2. The summed E-state index contributed by atoms with van der Waals surface area (Å²) < 4.78 is 105. The van der Waals surface area contributed by atoms with Crippen molar-refractivity contribution in [3.63, 3.8) is 0 Å². The Balaban J connectivity index is 1.85. The van der Waals surface area contributed by atoms with Gasteiger partial charge < -0.3 is 5.32 Å². The van der Waals surface area contributed by atoms with E-state index in [0.717, 1.165) is 22.9 Å². The zero-order chi connectivity index (χ0) is 23.0. The van der Waals surface area contributed by atoms with Crippen LogP contribution in [0.5, 0.6) is 0 Å². The lowest BCUT2D eigenvalue weighted by Crippen LogP contribution is -2.26. The third-order valence-electron chi connectivity index (χ3n) is 3.94. The predicted molar refractivity (Wildman–Crippen MR) is 86.7 cm³/mol. The Labute approximate surface area is 167 Å². The number of aromatic nitrogens is 4. The third-order valence-corrected chi connectivity index (χ3v) is 3.94. The fourth-order valence-corrected chi connectivity index (χ4v) is 2.48. The first kappa shape index (κ1) is 22.1. The van der Waals surface area contributed by atoms with E-state index >= 15 is 0 Å². The summed E-state index contributed by atoms with van der Waals surface area (Å²) in [5, 5.41) is 12.4. The van der Waals surface area contributed by atoms with Crippen molar-refractivity contribution in [2.45, 2.75) is 18.9 Å². The number of nitrogens with one attached hydrogen (secondary N) is 1. The van der Waals surface area contributed by atoms with E-state index in [2.05, 4.69) is 20.8 Å². The molecule has 0 atom stereocenters. The molecule has 0 saturated heterocycles. The van der Waals surface area contributed by atoms with Crippen molar-refractivity contribution in [2.75, 3.05) is 0 Å². The Morgan fingerprint density at radius 2 is 1.52 bits per heavy atom. The summed E-state index contributed by atoms with van der Waals surface area (Å²) in [6.45, 7) is -0.539. The molecule has 1 aromatic heterocycles.